The van der Waals surface area contributed by atoms with Crippen LogP contribution in [0.1, 0.15) is 32.6 Å². The first-order valence-electron chi connectivity index (χ1n) is 4.88. The molecule has 0 aromatic heterocycles. The minimum Gasteiger partial charge on any atom is -0.294 e. The summed E-state index contributed by atoms with van der Waals surface area (Å²) in [5.41, 5.74) is 3.65. The second-order valence-corrected chi connectivity index (χ2v) is 3.75. The maximum atomic E-state index is 11.6. The topological polar surface area (TPSA) is 17.1 Å². The van der Waals surface area contributed by atoms with Gasteiger partial charge in [-0.25, -0.2) is 0 Å². The third-order valence-corrected chi connectivity index (χ3v) is 2.79. The fourth-order valence-electron chi connectivity index (χ4n) is 2.03. The molecule has 13 heavy (non-hydrogen) atoms. The third kappa shape index (κ3) is 1.51. The van der Waals surface area contributed by atoms with Gasteiger partial charge in [0.05, 0.1) is 0 Å². The van der Waals surface area contributed by atoms with Crippen molar-refractivity contribution in [3.8, 4) is 0 Å². The maximum Gasteiger partial charge on any atom is 0.163 e. The minimum atomic E-state index is 0.326. The summed E-state index contributed by atoms with van der Waals surface area (Å²) in [6.07, 6.45) is 9.97. The maximum absolute atomic E-state index is 11.6. The van der Waals surface area contributed by atoms with E-state index in [9.17, 15) is 4.79 Å². The minimum absolute atomic E-state index is 0.326. The van der Waals surface area contributed by atoms with Crippen molar-refractivity contribution in [2.75, 3.05) is 0 Å². The van der Waals surface area contributed by atoms with Crippen LogP contribution in [0.5, 0.6) is 0 Å². The highest BCUT2D eigenvalue weighted by molar-refractivity contribution is 6.01. The van der Waals surface area contributed by atoms with E-state index in [1.165, 1.54) is 11.1 Å². The van der Waals surface area contributed by atoms with Crippen LogP contribution < -0.4 is 0 Å². The Kier molecular flexibility index (Phi) is 2.17. The lowest BCUT2D eigenvalue weighted by atomic mass is 9.85. The van der Waals surface area contributed by atoms with Gasteiger partial charge in [-0.2, -0.15) is 0 Å². The van der Waals surface area contributed by atoms with Crippen molar-refractivity contribution in [3.05, 3.63) is 34.9 Å². The van der Waals surface area contributed by atoms with E-state index < -0.39 is 0 Å². The molecule has 0 N–H and O–H groups in total. The molecular weight excluding hydrogens is 160 g/mol. The van der Waals surface area contributed by atoms with Gasteiger partial charge in [0, 0.05) is 12.0 Å². The van der Waals surface area contributed by atoms with E-state index in [4.69, 9.17) is 0 Å². The molecule has 0 aliphatic heterocycles. The van der Waals surface area contributed by atoms with Crippen LogP contribution in [0.3, 0.4) is 0 Å². The predicted molar refractivity (Wildman–Crippen MR) is 53.4 cm³/mol. The number of Topliss-reactive ketones (excluding diaryl/α,β-unsaturated/α-hetero) is 1. The first kappa shape index (κ1) is 8.49. The summed E-state index contributed by atoms with van der Waals surface area (Å²) in [5, 5.41) is 0. The van der Waals surface area contributed by atoms with Gasteiger partial charge in [0.1, 0.15) is 0 Å². The van der Waals surface area contributed by atoms with E-state index in [0.717, 1.165) is 31.3 Å². The summed E-state index contributed by atoms with van der Waals surface area (Å²) < 4.78 is 0. The van der Waals surface area contributed by atoms with Crippen LogP contribution in [0.4, 0.5) is 0 Å². The van der Waals surface area contributed by atoms with Crippen molar-refractivity contribution in [2.45, 2.75) is 32.6 Å². The van der Waals surface area contributed by atoms with Crippen molar-refractivity contribution >= 4 is 5.78 Å². The normalized spacial score (nSPS) is 22.5. The third-order valence-electron chi connectivity index (χ3n) is 2.79. The summed E-state index contributed by atoms with van der Waals surface area (Å²) in [6.45, 7) is 2.14. The average Bonchev–Trinajstić information content (AvgIpc) is 2.30. The fraction of sp³-hybridized carbons (Fsp3) is 0.417. The van der Waals surface area contributed by atoms with Crippen molar-refractivity contribution < 1.29 is 4.79 Å². The molecule has 1 fully saturated rings. The highest BCUT2D eigenvalue weighted by Crippen LogP contribution is 2.31. The van der Waals surface area contributed by atoms with Crippen molar-refractivity contribution in [1.82, 2.24) is 0 Å². The van der Waals surface area contributed by atoms with Gasteiger partial charge in [-0.05, 0) is 31.8 Å². The molecule has 0 unspecified atom stereocenters. The number of ketones is 1. The smallest absolute Gasteiger partial charge is 0.163 e. The van der Waals surface area contributed by atoms with Gasteiger partial charge in [0.15, 0.2) is 5.78 Å². The Morgan fingerprint density at radius 1 is 1.31 bits per heavy atom. The summed E-state index contributed by atoms with van der Waals surface area (Å²) >= 11 is 0. The zero-order chi connectivity index (χ0) is 9.26. The van der Waals surface area contributed by atoms with Gasteiger partial charge >= 0.3 is 0 Å². The van der Waals surface area contributed by atoms with Crippen molar-refractivity contribution in [2.24, 2.45) is 0 Å². The van der Waals surface area contributed by atoms with E-state index in [1.54, 1.807) is 0 Å². The molecule has 2 aliphatic rings. The summed E-state index contributed by atoms with van der Waals surface area (Å²) in [7, 11) is 0. The predicted octanol–water partition coefficient (Wildman–Crippen LogP) is 2.94. The molecule has 0 atom stereocenters. The summed E-state index contributed by atoms with van der Waals surface area (Å²) in [6, 6.07) is 0. The van der Waals surface area contributed by atoms with E-state index in [-0.39, 0.29) is 0 Å². The summed E-state index contributed by atoms with van der Waals surface area (Å²) in [4.78, 5) is 11.6. The Hall–Kier alpha value is -1.11. The van der Waals surface area contributed by atoms with Crippen molar-refractivity contribution in [1.29, 1.82) is 0 Å². The van der Waals surface area contributed by atoms with Crippen LogP contribution >= 0.6 is 0 Å². The Labute approximate surface area is 78.8 Å². The van der Waals surface area contributed by atoms with E-state index >= 15 is 0 Å². The lowest BCUT2D eigenvalue weighted by Crippen LogP contribution is -2.12. The first-order valence-corrected chi connectivity index (χ1v) is 4.88. The Balaban J connectivity index is 2.46. The number of fused-ring (bicyclic) bond motifs is 1. The molecule has 0 spiro atoms. The Morgan fingerprint density at radius 3 is 3.00 bits per heavy atom. The second-order valence-electron chi connectivity index (χ2n) is 3.75. The number of carbonyl (C=O) groups excluding carboxylic acids is 1. The lowest BCUT2D eigenvalue weighted by molar-refractivity contribution is -0.115. The van der Waals surface area contributed by atoms with E-state index in [2.05, 4.69) is 13.0 Å². The quantitative estimate of drug-likeness (QED) is 0.551. The van der Waals surface area contributed by atoms with Gasteiger partial charge in [0.25, 0.3) is 0 Å². The summed E-state index contributed by atoms with van der Waals surface area (Å²) in [5.74, 6) is 0.326. The Bertz CT molecular complexity index is 329. The molecule has 0 radical (unpaired) electrons. The molecule has 0 heterocycles. The monoisotopic (exact) mass is 174 g/mol. The molecule has 1 heteroatoms. The number of rotatable bonds is 0. The number of hydrogen-bond donors (Lipinski definition) is 0. The van der Waals surface area contributed by atoms with Gasteiger partial charge in [-0.15, -0.1) is 0 Å². The van der Waals surface area contributed by atoms with Gasteiger partial charge < -0.3 is 0 Å². The van der Waals surface area contributed by atoms with Crippen LogP contribution in [0.2, 0.25) is 0 Å². The average molecular weight is 174 g/mol. The molecule has 1 saturated carbocycles. The molecule has 0 saturated heterocycles. The zero-order valence-electron chi connectivity index (χ0n) is 7.97. The molecule has 2 rings (SSSR count). The number of allylic oxidation sites excluding steroid dienone is 6. The van der Waals surface area contributed by atoms with Crippen LogP contribution in [0.25, 0.3) is 0 Å². The molecule has 0 bridgehead atoms. The van der Waals surface area contributed by atoms with Gasteiger partial charge in [-0.1, -0.05) is 23.8 Å². The van der Waals surface area contributed by atoms with Crippen LogP contribution in [0, 0.1) is 0 Å². The number of hydrogen-bond acceptors (Lipinski definition) is 1. The van der Waals surface area contributed by atoms with E-state index in [1.807, 2.05) is 12.2 Å². The Morgan fingerprint density at radius 2 is 2.15 bits per heavy atom. The highest BCUT2D eigenvalue weighted by atomic mass is 16.1. The van der Waals surface area contributed by atoms with Crippen LogP contribution in [0.15, 0.2) is 34.9 Å². The largest absolute Gasteiger partial charge is 0.294 e. The van der Waals surface area contributed by atoms with Gasteiger partial charge in [-0.3, -0.25) is 4.79 Å². The molecule has 0 amide bonds. The van der Waals surface area contributed by atoms with Crippen LogP contribution in [-0.2, 0) is 4.79 Å². The molecule has 0 aromatic carbocycles. The van der Waals surface area contributed by atoms with Gasteiger partial charge in [0.2, 0.25) is 0 Å². The molecular formula is C12H14O. The standard InChI is InChI=1S/C12H14O/c1-9-5-2-3-6-11-10(9)7-4-8-12(11)13/h2-3,6H,4-5,7-8H2,1H3. The molecule has 0 aromatic rings. The fourth-order valence-corrected chi connectivity index (χ4v) is 2.03. The second kappa shape index (κ2) is 3.33. The molecule has 2 aliphatic carbocycles. The SMILES string of the molecule is CC1=C2CCCC(=O)C2=CC=CC1. The van der Waals surface area contributed by atoms with Crippen LogP contribution in [-0.4, -0.2) is 5.78 Å². The van der Waals surface area contributed by atoms with Crippen molar-refractivity contribution in [3.63, 3.8) is 0 Å². The number of carbonyl (C=O) groups is 1. The molecule has 1 nitrogen and oxygen atoms in total. The highest BCUT2D eigenvalue weighted by Gasteiger charge is 2.21. The van der Waals surface area contributed by atoms with E-state index in [0.29, 0.717) is 5.78 Å². The first-order chi connectivity index (χ1) is 6.29. The zero-order valence-corrected chi connectivity index (χ0v) is 7.97. The molecule has 68 valence electrons. The lowest BCUT2D eigenvalue weighted by Gasteiger charge is -2.18.